The standard InChI is InChI=1S/C16H27ClN2S/c1-6-13(11-20-5)19(4)16-9-7-8-15(17)14(16)10-18-12(2)3/h7-9,12-13,18H,6,10-11H2,1-5H3. The highest BCUT2D eigenvalue weighted by atomic mass is 35.5. The Morgan fingerprint density at radius 2 is 2.05 bits per heavy atom. The average molecular weight is 315 g/mol. The molecule has 0 aliphatic rings. The smallest absolute Gasteiger partial charge is 0.0471 e. The molecule has 0 amide bonds. The summed E-state index contributed by atoms with van der Waals surface area (Å²) >= 11 is 8.31. The second-order valence-corrected chi connectivity index (χ2v) is 6.72. The Hall–Kier alpha value is -0.380. The fourth-order valence-electron chi connectivity index (χ4n) is 2.25. The fraction of sp³-hybridized carbons (Fsp3) is 0.625. The molecule has 0 bridgehead atoms. The second-order valence-electron chi connectivity index (χ2n) is 5.40. The normalized spacial score (nSPS) is 12.8. The summed E-state index contributed by atoms with van der Waals surface area (Å²) in [4.78, 5) is 2.37. The van der Waals surface area contributed by atoms with E-state index in [1.165, 1.54) is 11.3 Å². The van der Waals surface area contributed by atoms with Crippen LogP contribution in [-0.2, 0) is 6.54 Å². The molecule has 0 saturated heterocycles. The lowest BCUT2D eigenvalue weighted by Crippen LogP contribution is -2.34. The fourth-order valence-corrected chi connectivity index (χ4v) is 3.33. The number of nitrogens with zero attached hydrogens (tertiary/aromatic N) is 1. The van der Waals surface area contributed by atoms with E-state index in [-0.39, 0.29) is 0 Å². The topological polar surface area (TPSA) is 15.3 Å². The van der Waals surface area contributed by atoms with Crippen LogP contribution < -0.4 is 10.2 Å². The highest BCUT2D eigenvalue weighted by Crippen LogP contribution is 2.29. The molecule has 114 valence electrons. The van der Waals surface area contributed by atoms with Crippen LogP contribution in [-0.4, -0.2) is 31.1 Å². The van der Waals surface area contributed by atoms with Crippen LogP contribution in [0.15, 0.2) is 18.2 Å². The van der Waals surface area contributed by atoms with Crippen molar-refractivity contribution in [1.29, 1.82) is 0 Å². The lowest BCUT2D eigenvalue weighted by Gasteiger charge is -2.31. The summed E-state index contributed by atoms with van der Waals surface area (Å²) in [6.45, 7) is 7.37. The lowest BCUT2D eigenvalue weighted by molar-refractivity contribution is 0.586. The van der Waals surface area contributed by atoms with Gasteiger partial charge in [0, 0.05) is 47.7 Å². The number of hydrogen-bond donors (Lipinski definition) is 1. The van der Waals surface area contributed by atoms with E-state index in [4.69, 9.17) is 11.6 Å². The predicted octanol–water partition coefficient (Wildman–Crippen LogP) is 4.42. The molecule has 1 unspecified atom stereocenters. The van der Waals surface area contributed by atoms with Gasteiger partial charge in [-0.15, -0.1) is 0 Å². The SMILES string of the molecule is CCC(CSC)N(C)c1cccc(Cl)c1CNC(C)C. The van der Waals surface area contributed by atoms with E-state index >= 15 is 0 Å². The number of nitrogens with one attached hydrogen (secondary N) is 1. The maximum absolute atomic E-state index is 6.41. The zero-order valence-electron chi connectivity index (χ0n) is 13.2. The van der Waals surface area contributed by atoms with E-state index < -0.39 is 0 Å². The monoisotopic (exact) mass is 314 g/mol. The van der Waals surface area contributed by atoms with Gasteiger partial charge in [0.05, 0.1) is 0 Å². The molecule has 0 fully saturated rings. The first-order valence-electron chi connectivity index (χ1n) is 7.23. The van der Waals surface area contributed by atoms with E-state index in [9.17, 15) is 0 Å². The molecule has 20 heavy (non-hydrogen) atoms. The molecule has 1 aromatic rings. The van der Waals surface area contributed by atoms with E-state index in [2.05, 4.69) is 50.4 Å². The van der Waals surface area contributed by atoms with Crippen molar-refractivity contribution in [2.45, 2.75) is 45.8 Å². The quantitative estimate of drug-likeness (QED) is 0.765. The Balaban J connectivity index is 3.00. The van der Waals surface area contributed by atoms with Crippen molar-refractivity contribution in [3.8, 4) is 0 Å². The summed E-state index contributed by atoms with van der Waals surface area (Å²) in [7, 11) is 2.18. The maximum atomic E-state index is 6.41. The minimum absolute atomic E-state index is 0.456. The first-order chi connectivity index (χ1) is 9.51. The molecule has 1 N–H and O–H groups in total. The van der Waals surface area contributed by atoms with Crippen LogP contribution in [0.2, 0.25) is 5.02 Å². The molecule has 0 aliphatic carbocycles. The van der Waals surface area contributed by atoms with Gasteiger partial charge in [-0.2, -0.15) is 11.8 Å². The van der Waals surface area contributed by atoms with E-state index in [0.29, 0.717) is 12.1 Å². The largest absolute Gasteiger partial charge is 0.370 e. The Labute approximate surface area is 133 Å². The number of thioether (sulfide) groups is 1. The van der Waals surface area contributed by atoms with E-state index in [0.717, 1.165) is 23.7 Å². The van der Waals surface area contributed by atoms with Crippen LogP contribution >= 0.6 is 23.4 Å². The van der Waals surface area contributed by atoms with Crippen molar-refractivity contribution in [2.75, 3.05) is 24.0 Å². The molecule has 0 saturated carbocycles. The molecule has 1 aromatic carbocycles. The third-order valence-electron chi connectivity index (χ3n) is 3.54. The third-order valence-corrected chi connectivity index (χ3v) is 4.61. The van der Waals surface area contributed by atoms with Crippen molar-refractivity contribution in [3.63, 3.8) is 0 Å². The molecule has 0 radical (unpaired) electrons. The van der Waals surface area contributed by atoms with Crippen LogP contribution in [0.5, 0.6) is 0 Å². The highest BCUT2D eigenvalue weighted by molar-refractivity contribution is 7.98. The Morgan fingerprint density at radius 1 is 1.35 bits per heavy atom. The first-order valence-corrected chi connectivity index (χ1v) is 9.00. The van der Waals surface area contributed by atoms with Crippen LogP contribution in [0.25, 0.3) is 0 Å². The summed E-state index contributed by atoms with van der Waals surface area (Å²) in [5.74, 6) is 1.14. The molecule has 1 rings (SSSR count). The van der Waals surface area contributed by atoms with Gasteiger partial charge in [-0.3, -0.25) is 0 Å². The number of rotatable bonds is 8. The van der Waals surface area contributed by atoms with Gasteiger partial charge in [-0.1, -0.05) is 38.4 Å². The molecule has 2 nitrogen and oxygen atoms in total. The second kappa shape index (κ2) is 8.81. The molecule has 0 spiro atoms. The van der Waals surface area contributed by atoms with Crippen molar-refractivity contribution < 1.29 is 0 Å². The number of halogens is 1. The summed E-state index contributed by atoms with van der Waals surface area (Å²) in [6.07, 6.45) is 3.30. The van der Waals surface area contributed by atoms with Crippen molar-refractivity contribution in [3.05, 3.63) is 28.8 Å². The summed E-state index contributed by atoms with van der Waals surface area (Å²) < 4.78 is 0. The minimum atomic E-state index is 0.456. The Morgan fingerprint density at radius 3 is 2.60 bits per heavy atom. The molecule has 1 atom stereocenters. The first kappa shape index (κ1) is 17.7. The van der Waals surface area contributed by atoms with Gasteiger partial charge in [0.2, 0.25) is 0 Å². The summed E-state index contributed by atoms with van der Waals surface area (Å²) in [5.41, 5.74) is 2.44. The van der Waals surface area contributed by atoms with Gasteiger partial charge in [-0.25, -0.2) is 0 Å². The number of hydrogen-bond acceptors (Lipinski definition) is 3. The number of benzene rings is 1. The van der Waals surface area contributed by atoms with Crippen LogP contribution in [0.1, 0.15) is 32.8 Å². The molecule has 0 aromatic heterocycles. The van der Waals surface area contributed by atoms with Crippen LogP contribution in [0.4, 0.5) is 5.69 Å². The molecule has 0 aliphatic heterocycles. The third kappa shape index (κ3) is 4.87. The molecular formula is C16H27ClN2S. The molecule has 0 heterocycles. The van der Waals surface area contributed by atoms with Gasteiger partial charge in [0.1, 0.15) is 0 Å². The van der Waals surface area contributed by atoms with E-state index in [1.807, 2.05) is 23.9 Å². The van der Waals surface area contributed by atoms with Gasteiger partial charge in [-0.05, 0) is 24.8 Å². The predicted molar refractivity (Wildman–Crippen MR) is 94.3 cm³/mol. The minimum Gasteiger partial charge on any atom is -0.370 e. The van der Waals surface area contributed by atoms with Crippen LogP contribution in [0, 0.1) is 0 Å². The maximum Gasteiger partial charge on any atom is 0.0471 e. The zero-order chi connectivity index (χ0) is 15.1. The van der Waals surface area contributed by atoms with Gasteiger partial charge >= 0.3 is 0 Å². The highest BCUT2D eigenvalue weighted by Gasteiger charge is 2.17. The van der Waals surface area contributed by atoms with Gasteiger partial charge in [0.15, 0.2) is 0 Å². The van der Waals surface area contributed by atoms with Crippen molar-refractivity contribution in [1.82, 2.24) is 5.32 Å². The number of anilines is 1. The van der Waals surface area contributed by atoms with E-state index in [1.54, 1.807) is 0 Å². The van der Waals surface area contributed by atoms with Gasteiger partial charge < -0.3 is 10.2 Å². The average Bonchev–Trinajstić information content (AvgIpc) is 2.42. The summed E-state index contributed by atoms with van der Waals surface area (Å²) in [5, 5.41) is 4.32. The Bertz CT molecular complexity index is 409. The molecular weight excluding hydrogens is 288 g/mol. The van der Waals surface area contributed by atoms with Crippen molar-refractivity contribution in [2.24, 2.45) is 0 Å². The van der Waals surface area contributed by atoms with Gasteiger partial charge in [0.25, 0.3) is 0 Å². The molecule has 4 heteroatoms. The lowest BCUT2D eigenvalue weighted by atomic mass is 10.1. The zero-order valence-corrected chi connectivity index (χ0v) is 14.8. The Kier molecular flexibility index (Phi) is 7.78. The summed E-state index contributed by atoms with van der Waals surface area (Å²) in [6, 6.07) is 7.19. The van der Waals surface area contributed by atoms with Crippen LogP contribution in [0.3, 0.4) is 0 Å². The van der Waals surface area contributed by atoms with Crippen molar-refractivity contribution >= 4 is 29.1 Å².